The first-order valence-electron chi connectivity index (χ1n) is 7.56. The van der Waals surface area contributed by atoms with Crippen LogP contribution in [-0.4, -0.2) is 27.0 Å². The topological polar surface area (TPSA) is 101 Å². The van der Waals surface area contributed by atoms with Crippen LogP contribution in [0.2, 0.25) is 0 Å². The van der Waals surface area contributed by atoms with Crippen molar-refractivity contribution < 1.29 is 19.5 Å². The summed E-state index contributed by atoms with van der Waals surface area (Å²) >= 11 is 0. The summed E-state index contributed by atoms with van der Waals surface area (Å²) in [6, 6.07) is 12.4. The smallest absolute Gasteiger partial charge is 0.339 e. The van der Waals surface area contributed by atoms with E-state index in [1.807, 2.05) is 23.7 Å². The van der Waals surface area contributed by atoms with Gasteiger partial charge in [0.05, 0.1) is 5.92 Å². The van der Waals surface area contributed by atoms with Crippen LogP contribution >= 0.6 is 0 Å². The van der Waals surface area contributed by atoms with Crippen LogP contribution in [0.25, 0.3) is 10.9 Å². The minimum Gasteiger partial charge on any atom is -0.504 e. The normalized spacial score (nSPS) is 11.7. The molecule has 0 aliphatic rings. The molecule has 0 unspecified atom stereocenters. The predicted molar refractivity (Wildman–Crippen MR) is 89.6 cm³/mol. The van der Waals surface area contributed by atoms with Crippen molar-refractivity contribution in [3.8, 4) is 5.75 Å². The number of carbonyl (C=O) groups is 2. The molecular formula is C18H15N3O4. The number of hydrogen-bond acceptors (Lipinski definition) is 6. The third kappa shape index (κ3) is 3.40. The van der Waals surface area contributed by atoms with Gasteiger partial charge < -0.3 is 9.94 Å². The van der Waals surface area contributed by atoms with Gasteiger partial charge in [-0.3, -0.25) is 9.78 Å². The fourth-order valence-electron chi connectivity index (χ4n) is 2.30. The Balaban J connectivity index is 1.71. The van der Waals surface area contributed by atoms with Crippen LogP contribution in [0.15, 0.2) is 54.9 Å². The number of aromatic nitrogens is 2. The average Bonchev–Trinajstić information content (AvgIpc) is 2.66. The van der Waals surface area contributed by atoms with Gasteiger partial charge in [0.2, 0.25) is 0 Å². The van der Waals surface area contributed by atoms with Crippen LogP contribution in [-0.2, 0) is 9.63 Å². The van der Waals surface area contributed by atoms with Gasteiger partial charge in [0.1, 0.15) is 5.52 Å². The van der Waals surface area contributed by atoms with Crippen molar-refractivity contribution >= 4 is 22.8 Å². The van der Waals surface area contributed by atoms with Crippen LogP contribution in [0.1, 0.15) is 28.9 Å². The van der Waals surface area contributed by atoms with E-state index in [0.717, 1.165) is 5.56 Å². The Hall–Kier alpha value is -3.48. The quantitative estimate of drug-likeness (QED) is 0.711. The maximum absolute atomic E-state index is 12.1. The number of pyridine rings is 2. The summed E-state index contributed by atoms with van der Waals surface area (Å²) in [5, 5.41) is 10.7. The summed E-state index contributed by atoms with van der Waals surface area (Å²) < 4.78 is 0. The zero-order valence-corrected chi connectivity index (χ0v) is 13.3. The molecule has 1 amide bonds. The van der Waals surface area contributed by atoms with Gasteiger partial charge in [0, 0.05) is 17.8 Å². The first-order chi connectivity index (χ1) is 12.1. The van der Waals surface area contributed by atoms with E-state index in [1.54, 1.807) is 31.2 Å². The maximum Gasteiger partial charge on any atom is 0.339 e. The lowest BCUT2D eigenvalue weighted by Gasteiger charge is -2.12. The molecule has 0 aliphatic heterocycles. The fourth-order valence-corrected chi connectivity index (χ4v) is 2.30. The van der Waals surface area contributed by atoms with Crippen LogP contribution in [0.5, 0.6) is 5.75 Å². The van der Waals surface area contributed by atoms with Crippen molar-refractivity contribution in [3.05, 3.63) is 66.1 Å². The number of hydrogen-bond donors (Lipinski definition) is 2. The van der Waals surface area contributed by atoms with Crippen molar-refractivity contribution in [2.75, 3.05) is 0 Å². The first kappa shape index (κ1) is 16.4. The molecule has 0 fully saturated rings. The number of nitrogens with zero attached hydrogens (tertiary/aromatic N) is 2. The van der Waals surface area contributed by atoms with Crippen molar-refractivity contribution in [2.24, 2.45) is 0 Å². The predicted octanol–water partition coefficient (Wildman–Crippen LogP) is 2.33. The molecule has 2 N–H and O–H groups in total. The van der Waals surface area contributed by atoms with E-state index in [-0.39, 0.29) is 17.0 Å². The summed E-state index contributed by atoms with van der Waals surface area (Å²) in [7, 11) is 0. The third-order valence-corrected chi connectivity index (χ3v) is 3.73. The van der Waals surface area contributed by atoms with E-state index >= 15 is 0 Å². The summed E-state index contributed by atoms with van der Waals surface area (Å²) in [5.74, 6) is -2.39. The van der Waals surface area contributed by atoms with Crippen LogP contribution in [0, 0.1) is 0 Å². The molecule has 0 bridgehead atoms. The molecule has 3 rings (SSSR count). The molecule has 126 valence electrons. The lowest BCUT2D eigenvalue weighted by atomic mass is 10.0. The van der Waals surface area contributed by atoms with Gasteiger partial charge in [-0.25, -0.2) is 9.78 Å². The molecule has 7 heteroatoms. The number of benzene rings is 1. The molecular weight excluding hydrogens is 322 g/mol. The molecule has 2 heterocycles. The lowest BCUT2D eigenvalue weighted by Crippen LogP contribution is -2.29. The molecule has 3 aromatic rings. The van der Waals surface area contributed by atoms with E-state index in [9.17, 15) is 14.7 Å². The number of aromatic hydroxyl groups is 1. The molecule has 0 spiro atoms. The maximum atomic E-state index is 12.1. The molecule has 0 radical (unpaired) electrons. The third-order valence-electron chi connectivity index (χ3n) is 3.73. The van der Waals surface area contributed by atoms with Gasteiger partial charge in [-0.2, -0.15) is 5.48 Å². The second kappa shape index (κ2) is 6.96. The van der Waals surface area contributed by atoms with Gasteiger partial charge in [0.15, 0.2) is 11.4 Å². The van der Waals surface area contributed by atoms with Gasteiger partial charge in [-0.05, 0) is 24.6 Å². The average molecular weight is 337 g/mol. The Morgan fingerprint density at radius 1 is 1.12 bits per heavy atom. The Labute approximate surface area is 143 Å². The van der Waals surface area contributed by atoms with Crippen LogP contribution < -0.4 is 5.48 Å². The highest BCUT2D eigenvalue weighted by Gasteiger charge is 2.21. The van der Waals surface area contributed by atoms with Gasteiger partial charge in [0.25, 0.3) is 0 Å². The zero-order valence-electron chi connectivity index (χ0n) is 13.3. The summed E-state index contributed by atoms with van der Waals surface area (Å²) in [5.41, 5.74) is 2.75. The number of amides is 1. The van der Waals surface area contributed by atoms with Crippen molar-refractivity contribution in [1.29, 1.82) is 0 Å². The van der Waals surface area contributed by atoms with Crippen molar-refractivity contribution in [1.82, 2.24) is 15.4 Å². The minimum absolute atomic E-state index is 0.242. The highest BCUT2D eigenvalue weighted by atomic mass is 16.7. The second-order valence-electron chi connectivity index (χ2n) is 5.38. The highest BCUT2D eigenvalue weighted by molar-refractivity contribution is 6.00. The molecule has 2 aromatic heterocycles. The summed E-state index contributed by atoms with van der Waals surface area (Å²) in [6.07, 6.45) is 2.90. The standard InChI is InChI=1S/C18H15N3O4/c1-11(12-6-3-2-4-7-12)18(24)25-21-17(23)15-16(22)14-13(10-20-15)8-5-9-19-14/h2-11,22H,1H3,(H,21,23)/t11-/m0/s1. The monoisotopic (exact) mass is 337 g/mol. The molecule has 1 aromatic carbocycles. The number of nitrogens with one attached hydrogen (secondary N) is 1. The molecule has 0 saturated carbocycles. The Morgan fingerprint density at radius 3 is 2.64 bits per heavy atom. The van der Waals surface area contributed by atoms with Crippen molar-refractivity contribution in [3.63, 3.8) is 0 Å². The zero-order chi connectivity index (χ0) is 17.8. The van der Waals surface area contributed by atoms with Crippen molar-refractivity contribution in [2.45, 2.75) is 12.8 Å². The molecule has 1 atom stereocenters. The van der Waals surface area contributed by atoms with E-state index < -0.39 is 17.8 Å². The SMILES string of the molecule is C[C@H](C(=O)ONC(=O)c1ncc2cccnc2c1O)c1ccccc1. The highest BCUT2D eigenvalue weighted by Crippen LogP contribution is 2.24. The number of carbonyl (C=O) groups excluding carboxylic acids is 2. The Kier molecular flexibility index (Phi) is 4.56. The van der Waals surface area contributed by atoms with E-state index in [0.29, 0.717) is 5.39 Å². The fraction of sp³-hybridized carbons (Fsp3) is 0.111. The van der Waals surface area contributed by atoms with Crippen LogP contribution in [0.4, 0.5) is 0 Å². The Morgan fingerprint density at radius 2 is 1.88 bits per heavy atom. The molecule has 7 nitrogen and oxygen atoms in total. The van der Waals surface area contributed by atoms with E-state index in [1.165, 1.54) is 12.4 Å². The van der Waals surface area contributed by atoms with E-state index in [4.69, 9.17) is 4.84 Å². The van der Waals surface area contributed by atoms with Gasteiger partial charge in [-0.1, -0.05) is 30.3 Å². The summed E-state index contributed by atoms with van der Waals surface area (Å²) in [4.78, 5) is 36.9. The molecule has 0 aliphatic carbocycles. The first-order valence-corrected chi connectivity index (χ1v) is 7.56. The minimum atomic E-state index is -0.835. The number of hydroxylamine groups is 1. The van der Waals surface area contributed by atoms with Gasteiger partial charge in [-0.15, -0.1) is 0 Å². The number of rotatable bonds is 3. The van der Waals surface area contributed by atoms with E-state index in [2.05, 4.69) is 9.97 Å². The molecule has 25 heavy (non-hydrogen) atoms. The molecule has 0 saturated heterocycles. The van der Waals surface area contributed by atoms with Crippen LogP contribution in [0.3, 0.4) is 0 Å². The van der Waals surface area contributed by atoms with Gasteiger partial charge >= 0.3 is 11.9 Å². The Bertz CT molecular complexity index is 928. The second-order valence-corrected chi connectivity index (χ2v) is 5.38. The summed E-state index contributed by atoms with van der Waals surface area (Å²) in [6.45, 7) is 1.67. The lowest BCUT2D eigenvalue weighted by molar-refractivity contribution is -0.150. The number of fused-ring (bicyclic) bond motifs is 1. The largest absolute Gasteiger partial charge is 0.504 e.